The van der Waals surface area contributed by atoms with Crippen LogP contribution in [0.2, 0.25) is 0 Å². The lowest BCUT2D eigenvalue weighted by molar-refractivity contribution is -0.137. The van der Waals surface area contributed by atoms with Gasteiger partial charge >= 0.3 is 12.3 Å². The normalized spacial score (nSPS) is 11.4. The van der Waals surface area contributed by atoms with E-state index in [0.29, 0.717) is 0 Å². The largest absolute Gasteiger partial charge is 0.420 e. The molecule has 16 heavy (non-hydrogen) atoms. The van der Waals surface area contributed by atoms with Crippen LogP contribution in [-0.2, 0) is 6.18 Å². The van der Waals surface area contributed by atoms with Gasteiger partial charge in [0.2, 0.25) is 6.39 Å². The van der Waals surface area contributed by atoms with E-state index in [1.54, 1.807) is 0 Å². The lowest BCUT2D eigenvalue weighted by Crippen LogP contribution is -2.04. The van der Waals surface area contributed by atoms with Gasteiger partial charge in [-0.05, 0) is 18.2 Å². The molecule has 0 aliphatic carbocycles. The maximum atomic E-state index is 12.3. The molecular formula is C9H5F3N2O2. The van der Waals surface area contributed by atoms with Crippen molar-refractivity contribution in [3.63, 3.8) is 0 Å². The molecule has 4 nitrogen and oxygen atoms in total. The molecule has 1 aromatic carbocycles. The number of alkyl halides is 3. The Morgan fingerprint density at radius 1 is 1.25 bits per heavy atom. The minimum absolute atomic E-state index is 0.0147. The van der Waals surface area contributed by atoms with Gasteiger partial charge in [0.15, 0.2) is 0 Å². The highest BCUT2D eigenvalue weighted by molar-refractivity contribution is 5.31. The van der Waals surface area contributed by atoms with Crippen molar-refractivity contribution < 1.29 is 22.3 Å². The molecule has 1 aromatic heterocycles. The van der Waals surface area contributed by atoms with Crippen molar-refractivity contribution >= 4 is 0 Å². The third-order valence-electron chi connectivity index (χ3n) is 1.71. The summed E-state index contributed by atoms with van der Waals surface area (Å²) in [7, 11) is 0. The van der Waals surface area contributed by atoms with Gasteiger partial charge in [0.25, 0.3) is 0 Å². The molecule has 0 aliphatic heterocycles. The zero-order chi connectivity index (χ0) is 11.6. The third-order valence-corrected chi connectivity index (χ3v) is 1.71. The number of rotatable bonds is 2. The molecule has 0 unspecified atom stereocenters. The topological polar surface area (TPSA) is 48.2 Å². The summed E-state index contributed by atoms with van der Waals surface area (Å²) in [6.07, 6.45) is -3.60. The van der Waals surface area contributed by atoms with Crippen LogP contribution in [0.1, 0.15) is 5.56 Å². The van der Waals surface area contributed by atoms with Gasteiger partial charge in [-0.25, -0.2) is 0 Å². The highest BCUT2D eigenvalue weighted by Gasteiger charge is 2.30. The number of hydrogen-bond acceptors (Lipinski definition) is 4. The number of halogens is 3. The molecule has 0 radical (unpaired) electrons. The molecular weight excluding hydrogens is 225 g/mol. The van der Waals surface area contributed by atoms with Crippen molar-refractivity contribution in [1.82, 2.24) is 10.2 Å². The molecule has 0 spiro atoms. The minimum atomic E-state index is -4.41. The molecule has 0 saturated carbocycles. The van der Waals surface area contributed by atoms with Crippen LogP contribution in [-0.4, -0.2) is 10.2 Å². The predicted molar refractivity (Wildman–Crippen MR) is 45.8 cm³/mol. The van der Waals surface area contributed by atoms with E-state index < -0.39 is 11.7 Å². The van der Waals surface area contributed by atoms with Crippen molar-refractivity contribution in [3.8, 4) is 11.8 Å². The Morgan fingerprint density at radius 2 is 2.06 bits per heavy atom. The van der Waals surface area contributed by atoms with Crippen LogP contribution in [0.3, 0.4) is 0 Å². The van der Waals surface area contributed by atoms with Crippen LogP contribution in [0.15, 0.2) is 35.1 Å². The first kappa shape index (κ1) is 10.5. The van der Waals surface area contributed by atoms with E-state index in [0.717, 1.165) is 18.5 Å². The summed E-state index contributed by atoms with van der Waals surface area (Å²) in [5.74, 6) is -0.0147. The van der Waals surface area contributed by atoms with Gasteiger partial charge in [-0.15, -0.1) is 5.10 Å². The Kier molecular flexibility index (Phi) is 2.51. The van der Waals surface area contributed by atoms with Crippen LogP contribution in [0.4, 0.5) is 13.2 Å². The maximum Gasteiger partial charge on any atom is 0.420 e. The molecule has 0 amide bonds. The van der Waals surface area contributed by atoms with Gasteiger partial charge in [-0.2, -0.15) is 13.2 Å². The van der Waals surface area contributed by atoms with Crippen molar-refractivity contribution in [2.75, 3.05) is 0 Å². The van der Waals surface area contributed by atoms with Crippen LogP contribution in [0.25, 0.3) is 0 Å². The monoisotopic (exact) mass is 230 g/mol. The van der Waals surface area contributed by atoms with E-state index in [4.69, 9.17) is 4.74 Å². The smallest absolute Gasteiger partial charge is 0.410 e. The summed E-state index contributed by atoms with van der Waals surface area (Å²) in [6.45, 7) is 0. The van der Waals surface area contributed by atoms with E-state index in [1.165, 1.54) is 12.1 Å². The number of hydrogen-bond donors (Lipinski definition) is 0. The van der Waals surface area contributed by atoms with E-state index in [-0.39, 0.29) is 11.8 Å². The summed E-state index contributed by atoms with van der Waals surface area (Å²) in [6, 6.07) is 4.39. The number of ether oxygens (including phenoxy) is 1. The molecule has 2 aromatic rings. The zero-order valence-corrected chi connectivity index (χ0v) is 7.73. The fourth-order valence-corrected chi connectivity index (χ4v) is 1.04. The Labute approximate surface area is 87.7 Å². The Hall–Kier alpha value is -2.05. The zero-order valence-electron chi connectivity index (χ0n) is 7.73. The average molecular weight is 230 g/mol. The van der Waals surface area contributed by atoms with Crippen molar-refractivity contribution in [3.05, 3.63) is 36.2 Å². The lowest BCUT2D eigenvalue weighted by atomic mass is 10.2. The fraction of sp³-hybridized carbons (Fsp3) is 0.111. The van der Waals surface area contributed by atoms with Crippen molar-refractivity contribution in [2.45, 2.75) is 6.18 Å². The molecule has 0 atom stereocenters. The molecule has 84 valence electrons. The van der Waals surface area contributed by atoms with Gasteiger partial charge in [0.05, 0.1) is 5.56 Å². The van der Waals surface area contributed by atoms with Crippen LogP contribution < -0.4 is 4.74 Å². The SMILES string of the molecule is FC(F)(F)c1cccc(Oc2nnco2)c1. The van der Waals surface area contributed by atoms with Gasteiger partial charge in [-0.1, -0.05) is 11.2 Å². The quantitative estimate of drug-likeness (QED) is 0.795. The predicted octanol–water partition coefficient (Wildman–Crippen LogP) is 2.88. The van der Waals surface area contributed by atoms with Gasteiger partial charge < -0.3 is 9.15 Å². The van der Waals surface area contributed by atoms with Gasteiger partial charge in [0, 0.05) is 0 Å². The number of nitrogens with zero attached hydrogens (tertiary/aromatic N) is 2. The van der Waals surface area contributed by atoms with E-state index in [9.17, 15) is 13.2 Å². The first-order valence-corrected chi connectivity index (χ1v) is 4.17. The summed E-state index contributed by atoms with van der Waals surface area (Å²) >= 11 is 0. The minimum Gasteiger partial charge on any atom is -0.410 e. The number of aromatic nitrogens is 2. The molecule has 0 saturated heterocycles. The average Bonchev–Trinajstić information content (AvgIpc) is 2.70. The van der Waals surface area contributed by atoms with Gasteiger partial charge in [-0.3, -0.25) is 0 Å². The highest BCUT2D eigenvalue weighted by Crippen LogP contribution is 2.32. The van der Waals surface area contributed by atoms with Crippen LogP contribution in [0.5, 0.6) is 11.8 Å². The number of benzene rings is 1. The molecule has 0 bridgehead atoms. The second kappa shape index (κ2) is 3.84. The standard InChI is InChI=1S/C9H5F3N2O2/c10-9(11,12)6-2-1-3-7(4-6)16-8-14-13-5-15-8/h1-5H. The summed E-state index contributed by atoms with van der Waals surface area (Å²) < 4.78 is 46.6. The second-order valence-electron chi connectivity index (χ2n) is 2.83. The Balaban J connectivity index is 2.23. The molecule has 7 heteroatoms. The molecule has 0 N–H and O–H groups in total. The van der Waals surface area contributed by atoms with E-state index >= 15 is 0 Å². The third kappa shape index (κ3) is 2.30. The first-order chi connectivity index (χ1) is 7.55. The summed E-state index contributed by atoms with van der Waals surface area (Å²) in [5.41, 5.74) is -0.801. The van der Waals surface area contributed by atoms with Crippen LogP contribution >= 0.6 is 0 Å². The van der Waals surface area contributed by atoms with Crippen molar-refractivity contribution in [1.29, 1.82) is 0 Å². The van der Waals surface area contributed by atoms with Gasteiger partial charge in [0.1, 0.15) is 5.75 Å². The Bertz CT molecular complexity index is 468. The Morgan fingerprint density at radius 3 is 2.69 bits per heavy atom. The van der Waals surface area contributed by atoms with E-state index in [2.05, 4.69) is 14.6 Å². The van der Waals surface area contributed by atoms with Crippen molar-refractivity contribution in [2.24, 2.45) is 0 Å². The highest BCUT2D eigenvalue weighted by atomic mass is 19.4. The lowest BCUT2D eigenvalue weighted by Gasteiger charge is -2.07. The molecule has 0 fully saturated rings. The molecule has 1 heterocycles. The maximum absolute atomic E-state index is 12.3. The van der Waals surface area contributed by atoms with E-state index in [1.807, 2.05) is 0 Å². The van der Waals surface area contributed by atoms with Crippen LogP contribution in [0, 0.1) is 0 Å². The summed E-state index contributed by atoms with van der Waals surface area (Å²) in [5, 5.41) is 6.71. The summed E-state index contributed by atoms with van der Waals surface area (Å²) in [4.78, 5) is 0. The second-order valence-corrected chi connectivity index (χ2v) is 2.83. The molecule has 2 rings (SSSR count). The fourth-order valence-electron chi connectivity index (χ4n) is 1.04. The first-order valence-electron chi connectivity index (χ1n) is 4.17. The molecule has 0 aliphatic rings.